The summed E-state index contributed by atoms with van der Waals surface area (Å²) in [6.07, 6.45) is 2.59. The Balaban J connectivity index is 2.77. The number of carbonyl (C=O) groups excluding carboxylic acids is 2. The van der Waals surface area contributed by atoms with Crippen molar-refractivity contribution in [1.82, 2.24) is 0 Å². The Morgan fingerprint density at radius 3 is 2.47 bits per heavy atom. The lowest BCUT2D eigenvalue weighted by Crippen LogP contribution is -2.03. The summed E-state index contributed by atoms with van der Waals surface area (Å²) in [6, 6.07) is 7.49. The summed E-state index contributed by atoms with van der Waals surface area (Å²) in [5.74, 6) is 0.111. The van der Waals surface area contributed by atoms with Crippen LogP contribution in [0.5, 0.6) is 0 Å². The molecule has 0 spiro atoms. The van der Waals surface area contributed by atoms with Crippen LogP contribution in [0.4, 0.5) is 0 Å². The maximum Gasteiger partial charge on any atom is 0.164 e. The summed E-state index contributed by atoms with van der Waals surface area (Å²) in [5, 5.41) is 0. The minimum atomic E-state index is 0.0511. The highest BCUT2D eigenvalue weighted by molar-refractivity contribution is 7.98. The molecule has 2 nitrogen and oxygen atoms in total. The first kappa shape index (κ1) is 12.0. The molecule has 0 aliphatic carbocycles. The molecule has 15 heavy (non-hydrogen) atoms. The molecule has 0 atom stereocenters. The first-order valence-corrected chi connectivity index (χ1v) is 6.03. The highest BCUT2D eigenvalue weighted by Crippen LogP contribution is 2.21. The van der Waals surface area contributed by atoms with Gasteiger partial charge in [0.2, 0.25) is 0 Å². The van der Waals surface area contributed by atoms with Gasteiger partial charge in [-0.05, 0) is 19.2 Å². The molecule has 3 heteroatoms. The third-order valence-corrected chi connectivity index (χ3v) is 2.91. The largest absolute Gasteiger partial charge is 0.300 e. The normalized spacial score (nSPS) is 10.0. The van der Waals surface area contributed by atoms with Crippen LogP contribution < -0.4 is 0 Å². The maximum atomic E-state index is 11.8. The first-order chi connectivity index (χ1) is 7.15. The fourth-order valence-corrected chi connectivity index (χ4v) is 1.92. The van der Waals surface area contributed by atoms with Crippen LogP contribution in [0, 0.1) is 0 Å². The second kappa shape index (κ2) is 5.71. The maximum absolute atomic E-state index is 11.8. The van der Waals surface area contributed by atoms with Crippen molar-refractivity contribution in [3.05, 3.63) is 29.8 Å². The Hall–Kier alpha value is -1.09. The number of benzene rings is 1. The van der Waals surface area contributed by atoms with E-state index in [2.05, 4.69) is 0 Å². The minimum Gasteiger partial charge on any atom is -0.300 e. The Morgan fingerprint density at radius 1 is 1.20 bits per heavy atom. The van der Waals surface area contributed by atoms with E-state index in [9.17, 15) is 9.59 Å². The third-order valence-electron chi connectivity index (χ3n) is 2.11. The minimum absolute atomic E-state index is 0.0511. The molecule has 0 saturated carbocycles. The molecule has 0 bridgehead atoms. The van der Waals surface area contributed by atoms with Gasteiger partial charge in [0.05, 0.1) is 0 Å². The van der Waals surface area contributed by atoms with Gasteiger partial charge in [-0.2, -0.15) is 0 Å². The predicted molar refractivity (Wildman–Crippen MR) is 62.5 cm³/mol. The summed E-state index contributed by atoms with van der Waals surface area (Å²) in [7, 11) is 0. The van der Waals surface area contributed by atoms with Crippen LogP contribution in [0.25, 0.3) is 0 Å². The lowest BCUT2D eigenvalue weighted by atomic mass is 10.1. The van der Waals surface area contributed by atoms with Gasteiger partial charge < -0.3 is 4.79 Å². The van der Waals surface area contributed by atoms with Crippen molar-refractivity contribution in [1.29, 1.82) is 0 Å². The molecule has 0 aliphatic rings. The van der Waals surface area contributed by atoms with Crippen molar-refractivity contribution in [2.24, 2.45) is 0 Å². The zero-order valence-corrected chi connectivity index (χ0v) is 9.76. The highest BCUT2D eigenvalue weighted by Gasteiger charge is 2.10. The van der Waals surface area contributed by atoms with Gasteiger partial charge in [0, 0.05) is 23.3 Å². The molecular formula is C12H14O2S. The number of thioether (sulfide) groups is 1. The number of rotatable bonds is 5. The Morgan fingerprint density at radius 2 is 1.87 bits per heavy atom. The first-order valence-electron chi connectivity index (χ1n) is 4.81. The van der Waals surface area contributed by atoms with Crippen molar-refractivity contribution >= 4 is 23.3 Å². The molecule has 0 N–H and O–H groups in total. The van der Waals surface area contributed by atoms with E-state index in [0.717, 1.165) is 10.5 Å². The van der Waals surface area contributed by atoms with Crippen molar-refractivity contribution < 1.29 is 9.59 Å². The molecule has 0 saturated heterocycles. The summed E-state index contributed by atoms with van der Waals surface area (Å²) in [4.78, 5) is 23.5. The van der Waals surface area contributed by atoms with E-state index >= 15 is 0 Å². The summed E-state index contributed by atoms with van der Waals surface area (Å²) in [5.41, 5.74) is 0.728. The molecule has 80 valence electrons. The second-order valence-electron chi connectivity index (χ2n) is 3.33. The lowest BCUT2D eigenvalue weighted by Gasteiger charge is -2.04. The van der Waals surface area contributed by atoms with Gasteiger partial charge >= 0.3 is 0 Å². The van der Waals surface area contributed by atoms with Crippen LogP contribution in [0.3, 0.4) is 0 Å². The molecule has 0 amide bonds. The van der Waals surface area contributed by atoms with Crippen LogP contribution in [-0.2, 0) is 4.79 Å². The van der Waals surface area contributed by atoms with Crippen molar-refractivity contribution in [3.8, 4) is 0 Å². The number of hydrogen-bond donors (Lipinski definition) is 0. The molecule has 0 unspecified atom stereocenters. The summed E-state index contributed by atoms with van der Waals surface area (Å²) in [6.45, 7) is 1.51. The fourth-order valence-electron chi connectivity index (χ4n) is 1.30. The predicted octanol–water partition coefficient (Wildman–Crippen LogP) is 2.96. The van der Waals surface area contributed by atoms with E-state index in [-0.39, 0.29) is 11.6 Å². The zero-order valence-electron chi connectivity index (χ0n) is 8.95. The van der Waals surface area contributed by atoms with E-state index in [4.69, 9.17) is 0 Å². The fraction of sp³-hybridized carbons (Fsp3) is 0.333. The molecule has 0 radical (unpaired) electrons. The Labute approximate surface area is 94.1 Å². The van der Waals surface area contributed by atoms with Gasteiger partial charge in [0.15, 0.2) is 5.78 Å². The molecule has 0 aliphatic heterocycles. The third kappa shape index (κ3) is 3.51. The van der Waals surface area contributed by atoms with Crippen molar-refractivity contribution in [2.45, 2.75) is 24.7 Å². The standard InChI is InChI=1S/C12H14O2S/c1-9(13)7-8-11(14)10-5-3-4-6-12(10)15-2/h3-6H,7-8H2,1-2H3. The van der Waals surface area contributed by atoms with E-state index in [1.165, 1.54) is 6.92 Å². The van der Waals surface area contributed by atoms with Crippen molar-refractivity contribution in [3.63, 3.8) is 0 Å². The number of carbonyl (C=O) groups is 2. The topological polar surface area (TPSA) is 34.1 Å². The number of Topliss-reactive ketones (excluding diaryl/α,β-unsaturated/α-hetero) is 2. The van der Waals surface area contributed by atoms with Crippen LogP contribution in [0.1, 0.15) is 30.1 Å². The summed E-state index contributed by atoms with van der Waals surface area (Å²) < 4.78 is 0. The van der Waals surface area contributed by atoms with Gasteiger partial charge in [0.25, 0.3) is 0 Å². The SMILES string of the molecule is CSc1ccccc1C(=O)CCC(C)=O. The van der Waals surface area contributed by atoms with Gasteiger partial charge in [-0.15, -0.1) is 11.8 Å². The van der Waals surface area contributed by atoms with Gasteiger partial charge in [-0.25, -0.2) is 0 Å². The average Bonchev–Trinajstić information content (AvgIpc) is 2.25. The number of hydrogen-bond acceptors (Lipinski definition) is 3. The molecule has 1 aromatic carbocycles. The Bertz CT molecular complexity index is 372. The highest BCUT2D eigenvalue weighted by atomic mass is 32.2. The smallest absolute Gasteiger partial charge is 0.164 e. The second-order valence-corrected chi connectivity index (χ2v) is 4.17. The van der Waals surface area contributed by atoms with E-state index in [1.54, 1.807) is 11.8 Å². The van der Waals surface area contributed by atoms with E-state index in [0.29, 0.717) is 12.8 Å². The van der Waals surface area contributed by atoms with Gasteiger partial charge in [0.1, 0.15) is 5.78 Å². The van der Waals surface area contributed by atoms with Crippen LogP contribution in [0.2, 0.25) is 0 Å². The van der Waals surface area contributed by atoms with Gasteiger partial charge in [-0.1, -0.05) is 18.2 Å². The molecule has 0 fully saturated rings. The quantitative estimate of drug-likeness (QED) is 0.567. The molecule has 1 rings (SSSR count). The van der Waals surface area contributed by atoms with Crippen LogP contribution >= 0.6 is 11.8 Å². The van der Waals surface area contributed by atoms with E-state index in [1.807, 2.05) is 30.5 Å². The molecule has 0 aromatic heterocycles. The van der Waals surface area contributed by atoms with Crippen molar-refractivity contribution in [2.75, 3.05) is 6.26 Å². The van der Waals surface area contributed by atoms with E-state index < -0.39 is 0 Å². The molecular weight excluding hydrogens is 208 g/mol. The average molecular weight is 222 g/mol. The van der Waals surface area contributed by atoms with Crippen LogP contribution in [0.15, 0.2) is 29.2 Å². The zero-order chi connectivity index (χ0) is 11.3. The summed E-state index contributed by atoms with van der Waals surface area (Å²) >= 11 is 1.55. The lowest BCUT2D eigenvalue weighted by molar-refractivity contribution is -0.116. The Kier molecular flexibility index (Phi) is 4.56. The van der Waals surface area contributed by atoms with Crippen LogP contribution in [-0.4, -0.2) is 17.8 Å². The molecule has 0 heterocycles. The monoisotopic (exact) mass is 222 g/mol. The van der Waals surface area contributed by atoms with Gasteiger partial charge in [-0.3, -0.25) is 4.79 Å². The number of ketones is 2. The molecule has 1 aromatic rings.